The highest BCUT2D eigenvalue weighted by Gasteiger charge is 2.52. The third-order valence-electron chi connectivity index (χ3n) is 7.16. The van der Waals surface area contributed by atoms with Crippen LogP contribution in [0.15, 0.2) is 29.8 Å². The first kappa shape index (κ1) is 15.9. The van der Waals surface area contributed by atoms with Crippen LogP contribution in [0.1, 0.15) is 69.9 Å². The average Bonchev–Trinajstić information content (AvgIpc) is 2.90. The first-order valence-corrected chi connectivity index (χ1v) is 9.50. The minimum Gasteiger partial charge on any atom is -0.427 e. The standard InChI is InChI=1S/C22H28O2/c1-4-16-6-10-21-20-8-5-15-13-17(24-14(2)23)7-9-18(15)19(20)11-12-22(16,21)3/h4,7,9,13,19-21H,5-6,8,10-12H2,1-3H3/b16-4+/t19-,20-,21+,22-/m1/s1. The lowest BCUT2D eigenvalue weighted by atomic mass is 9.55. The Hall–Kier alpha value is -1.57. The highest BCUT2D eigenvalue weighted by atomic mass is 16.5. The van der Waals surface area contributed by atoms with E-state index in [1.54, 1.807) is 5.57 Å². The van der Waals surface area contributed by atoms with Gasteiger partial charge in [0.05, 0.1) is 0 Å². The van der Waals surface area contributed by atoms with Crippen LogP contribution in [0.3, 0.4) is 0 Å². The third-order valence-corrected chi connectivity index (χ3v) is 7.16. The van der Waals surface area contributed by atoms with Gasteiger partial charge in [0.1, 0.15) is 5.75 Å². The monoisotopic (exact) mass is 324 g/mol. The van der Waals surface area contributed by atoms with Crippen LogP contribution < -0.4 is 4.74 Å². The maximum Gasteiger partial charge on any atom is 0.308 e. The zero-order chi connectivity index (χ0) is 16.9. The van der Waals surface area contributed by atoms with Gasteiger partial charge in [-0.2, -0.15) is 0 Å². The van der Waals surface area contributed by atoms with Gasteiger partial charge in [-0.05, 0) is 91.9 Å². The molecule has 128 valence electrons. The molecule has 0 aromatic heterocycles. The van der Waals surface area contributed by atoms with Crippen LogP contribution in [0.2, 0.25) is 0 Å². The Labute approximate surface area is 145 Å². The number of fused-ring (bicyclic) bond motifs is 5. The Balaban J connectivity index is 1.64. The predicted octanol–water partition coefficient (Wildman–Crippen LogP) is 5.41. The Morgan fingerprint density at radius 3 is 2.83 bits per heavy atom. The molecule has 2 fully saturated rings. The number of ether oxygens (including phenoxy) is 1. The van der Waals surface area contributed by atoms with Gasteiger partial charge in [-0.25, -0.2) is 0 Å². The summed E-state index contributed by atoms with van der Waals surface area (Å²) in [4.78, 5) is 11.2. The molecule has 0 radical (unpaired) electrons. The molecule has 24 heavy (non-hydrogen) atoms. The van der Waals surface area contributed by atoms with Crippen molar-refractivity contribution >= 4 is 5.97 Å². The van der Waals surface area contributed by atoms with Crippen LogP contribution in [-0.4, -0.2) is 5.97 Å². The number of aryl methyl sites for hydroxylation is 1. The smallest absolute Gasteiger partial charge is 0.308 e. The van der Waals surface area contributed by atoms with E-state index in [1.807, 2.05) is 6.07 Å². The average molecular weight is 324 g/mol. The number of hydrogen-bond donors (Lipinski definition) is 0. The number of carbonyl (C=O) groups is 1. The summed E-state index contributed by atoms with van der Waals surface area (Å²) < 4.78 is 5.28. The molecule has 3 aliphatic carbocycles. The summed E-state index contributed by atoms with van der Waals surface area (Å²) in [6.07, 6.45) is 10.1. The topological polar surface area (TPSA) is 26.3 Å². The highest BCUT2D eigenvalue weighted by molar-refractivity contribution is 5.69. The molecule has 4 rings (SSSR count). The van der Waals surface area contributed by atoms with Crippen molar-refractivity contribution in [2.24, 2.45) is 17.3 Å². The largest absolute Gasteiger partial charge is 0.427 e. The van der Waals surface area contributed by atoms with Crippen molar-refractivity contribution in [1.82, 2.24) is 0 Å². The summed E-state index contributed by atoms with van der Waals surface area (Å²) in [7, 11) is 0. The molecule has 0 aliphatic heterocycles. The van der Waals surface area contributed by atoms with E-state index in [-0.39, 0.29) is 5.97 Å². The van der Waals surface area contributed by atoms with E-state index in [0.717, 1.165) is 18.3 Å². The van der Waals surface area contributed by atoms with E-state index in [2.05, 4.69) is 32.1 Å². The van der Waals surface area contributed by atoms with Gasteiger partial charge in [-0.1, -0.05) is 24.6 Å². The maximum absolute atomic E-state index is 11.2. The van der Waals surface area contributed by atoms with Crippen molar-refractivity contribution in [2.75, 3.05) is 0 Å². The Bertz CT molecular complexity index is 702. The van der Waals surface area contributed by atoms with E-state index < -0.39 is 0 Å². The molecule has 1 aromatic carbocycles. The molecule has 3 aliphatic rings. The molecule has 0 unspecified atom stereocenters. The normalized spacial score (nSPS) is 36.0. The molecule has 2 saturated carbocycles. The van der Waals surface area contributed by atoms with Gasteiger partial charge in [0.25, 0.3) is 0 Å². The quantitative estimate of drug-likeness (QED) is 0.392. The predicted molar refractivity (Wildman–Crippen MR) is 96.1 cm³/mol. The number of allylic oxidation sites excluding steroid dienone is 2. The summed E-state index contributed by atoms with van der Waals surface area (Å²) in [5, 5.41) is 0. The second-order valence-corrected chi connectivity index (χ2v) is 8.18. The second kappa shape index (κ2) is 5.75. The molecule has 2 heteroatoms. The number of rotatable bonds is 1. The maximum atomic E-state index is 11.2. The van der Waals surface area contributed by atoms with Crippen LogP contribution in [0, 0.1) is 17.3 Å². The van der Waals surface area contributed by atoms with Crippen LogP contribution >= 0.6 is 0 Å². The molecule has 2 nitrogen and oxygen atoms in total. The molecular weight excluding hydrogens is 296 g/mol. The summed E-state index contributed by atoms with van der Waals surface area (Å²) in [5.41, 5.74) is 5.09. The third kappa shape index (κ3) is 2.34. The van der Waals surface area contributed by atoms with Gasteiger partial charge in [0.2, 0.25) is 0 Å². The number of carbonyl (C=O) groups excluding carboxylic acids is 1. The number of benzene rings is 1. The fourth-order valence-electron chi connectivity index (χ4n) is 6.11. The fourth-order valence-corrected chi connectivity index (χ4v) is 6.11. The van der Waals surface area contributed by atoms with E-state index in [1.165, 1.54) is 50.2 Å². The van der Waals surface area contributed by atoms with Crippen molar-refractivity contribution in [3.8, 4) is 5.75 Å². The van der Waals surface area contributed by atoms with E-state index >= 15 is 0 Å². The lowest BCUT2D eigenvalue weighted by Crippen LogP contribution is -2.40. The first-order chi connectivity index (χ1) is 11.5. The molecular formula is C22H28O2. The fraction of sp³-hybridized carbons (Fsp3) is 0.591. The van der Waals surface area contributed by atoms with Gasteiger partial charge in [0, 0.05) is 6.92 Å². The van der Waals surface area contributed by atoms with Crippen LogP contribution in [0.5, 0.6) is 5.75 Å². The molecule has 1 aromatic rings. The van der Waals surface area contributed by atoms with Gasteiger partial charge >= 0.3 is 5.97 Å². The van der Waals surface area contributed by atoms with Gasteiger partial charge in [-0.3, -0.25) is 4.79 Å². The molecule has 0 N–H and O–H groups in total. The highest BCUT2D eigenvalue weighted by Crippen LogP contribution is 2.62. The lowest BCUT2D eigenvalue weighted by molar-refractivity contribution is -0.131. The Morgan fingerprint density at radius 1 is 1.25 bits per heavy atom. The summed E-state index contributed by atoms with van der Waals surface area (Å²) in [6, 6.07) is 6.33. The van der Waals surface area contributed by atoms with Crippen LogP contribution in [-0.2, 0) is 11.2 Å². The van der Waals surface area contributed by atoms with Gasteiger partial charge < -0.3 is 4.74 Å². The Kier molecular flexibility index (Phi) is 3.82. The molecule has 0 bridgehead atoms. The van der Waals surface area contributed by atoms with Crippen molar-refractivity contribution < 1.29 is 9.53 Å². The van der Waals surface area contributed by atoms with Gasteiger partial charge in [0.15, 0.2) is 0 Å². The molecule has 0 amide bonds. The van der Waals surface area contributed by atoms with E-state index in [4.69, 9.17) is 4.74 Å². The molecule has 0 heterocycles. The zero-order valence-electron chi connectivity index (χ0n) is 15.1. The number of esters is 1. The molecule has 4 atom stereocenters. The SMILES string of the molecule is C/C=C1\CC[C@H]2[C@@H]3CCc4cc(OC(C)=O)ccc4[C@H]3CC[C@]12C. The van der Waals surface area contributed by atoms with E-state index in [9.17, 15) is 4.79 Å². The summed E-state index contributed by atoms with van der Waals surface area (Å²) in [5.74, 6) is 2.85. The molecule has 0 spiro atoms. The van der Waals surface area contributed by atoms with Crippen LogP contribution in [0.4, 0.5) is 0 Å². The van der Waals surface area contributed by atoms with E-state index in [0.29, 0.717) is 17.1 Å². The Morgan fingerprint density at radius 2 is 2.08 bits per heavy atom. The lowest BCUT2D eigenvalue weighted by Gasteiger charge is -2.49. The molecule has 0 saturated heterocycles. The number of hydrogen-bond acceptors (Lipinski definition) is 2. The summed E-state index contributed by atoms with van der Waals surface area (Å²) >= 11 is 0. The van der Waals surface area contributed by atoms with Gasteiger partial charge in [-0.15, -0.1) is 0 Å². The minimum absolute atomic E-state index is 0.234. The van der Waals surface area contributed by atoms with Crippen molar-refractivity contribution in [2.45, 2.75) is 65.2 Å². The van der Waals surface area contributed by atoms with Crippen molar-refractivity contribution in [1.29, 1.82) is 0 Å². The van der Waals surface area contributed by atoms with Crippen LogP contribution in [0.25, 0.3) is 0 Å². The second-order valence-electron chi connectivity index (χ2n) is 8.18. The van der Waals surface area contributed by atoms with Crippen molar-refractivity contribution in [3.63, 3.8) is 0 Å². The first-order valence-electron chi connectivity index (χ1n) is 9.50. The zero-order valence-corrected chi connectivity index (χ0v) is 15.1. The van der Waals surface area contributed by atoms with Crippen molar-refractivity contribution in [3.05, 3.63) is 41.0 Å². The minimum atomic E-state index is -0.234. The summed E-state index contributed by atoms with van der Waals surface area (Å²) in [6.45, 7) is 6.22.